The molecule has 156 valence electrons. The normalized spacial score (nSPS) is 10.9. The number of benzene rings is 1. The van der Waals surface area contributed by atoms with Crippen LogP contribution in [0.2, 0.25) is 0 Å². The fraction of sp³-hybridized carbons (Fsp3) is 0.526. The smallest absolute Gasteiger partial charge is 0.223 e. The molecule has 2 rings (SSSR count). The third-order valence-corrected chi connectivity index (χ3v) is 3.61. The van der Waals surface area contributed by atoms with Crippen LogP contribution in [0.4, 0.5) is 0 Å². The van der Waals surface area contributed by atoms with E-state index in [1.165, 1.54) is 5.56 Å². The number of rotatable bonds is 10. The van der Waals surface area contributed by atoms with Crippen molar-refractivity contribution in [3.05, 3.63) is 35.5 Å². The highest BCUT2D eigenvalue weighted by molar-refractivity contribution is 14.0. The Bertz CT molecular complexity index is 736. The fourth-order valence-electron chi connectivity index (χ4n) is 2.47. The van der Waals surface area contributed by atoms with Gasteiger partial charge in [0.05, 0.1) is 13.2 Å². The average Bonchev–Trinajstić information content (AvgIpc) is 3.07. The summed E-state index contributed by atoms with van der Waals surface area (Å²) in [7, 11) is 0. The molecule has 1 aromatic carbocycles. The van der Waals surface area contributed by atoms with Crippen LogP contribution in [-0.2, 0) is 13.0 Å². The summed E-state index contributed by atoms with van der Waals surface area (Å²) in [5.41, 5.74) is 1.17. The summed E-state index contributed by atoms with van der Waals surface area (Å²) < 4.78 is 16.2. The molecule has 0 saturated heterocycles. The average molecular weight is 503 g/mol. The molecule has 9 heteroatoms. The molecule has 0 fully saturated rings. The standard InChI is InChI=1S/C19H29N5O3.HI/c1-5-20-19(22-13-18-23-14(4)27-24-18)21-11-10-15-8-9-16(25-6-2)17(12-15)26-7-3;/h8-9,12H,5-7,10-11,13H2,1-4H3,(H2,20,21,22);1H. The first-order valence-electron chi connectivity index (χ1n) is 9.36. The Morgan fingerprint density at radius 2 is 1.86 bits per heavy atom. The molecule has 1 heterocycles. The number of halogens is 1. The van der Waals surface area contributed by atoms with Crippen molar-refractivity contribution < 1.29 is 14.0 Å². The van der Waals surface area contributed by atoms with Crippen molar-refractivity contribution >= 4 is 29.9 Å². The zero-order chi connectivity index (χ0) is 19.5. The van der Waals surface area contributed by atoms with Gasteiger partial charge >= 0.3 is 0 Å². The second-order valence-corrected chi connectivity index (χ2v) is 5.75. The van der Waals surface area contributed by atoms with Gasteiger partial charge in [-0.15, -0.1) is 24.0 Å². The molecule has 2 aromatic rings. The van der Waals surface area contributed by atoms with Crippen molar-refractivity contribution in [3.8, 4) is 11.5 Å². The molecule has 1 aromatic heterocycles. The summed E-state index contributed by atoms with van der Waals surface area (Å²) >= 11 is 0. The molecular weight excluding hydrogens is 473 g/mol. The Balaban J connectivity index is 0.00000392. The molecule has 0 bridgehead atoms. The number of guanidine groups is 1. The summed E-state index contributed by atoms with van der Waals surface area (Å²) in [6.07, 6.45) is 0.832. The quantitative estimate of drug-likeness (QED) is 0.293. The number of aliphatic imine (C=N–C) groups is 1. The Morgan fingerprint density at radius 1 is 1.11 bits per heavy atom. The topological polar surface area (TPSA) is 93.8 Å². The molecule has 2 N–H and O–H groups in total. The number of aryl methyl sites for hydroxylation is 1. The van der Waals surface area contributed by atoms with E-state index in [4.69, 9.17) is 14.0 Å². The summed E-state index contributed by atoms with van der Waals surface area (Å²) in [6, 6.07) is 6.05. The minimum Gasteiger partial charge on any atom is -0.490 e. The Hall–Kier alpha value is -2.04. The molecule has 0 unspecified atom stereocenters. The number of aromatic nitrogens is 2. The van der Waals surface area contributed by atoms with Gasteiger partial charge in [-0.3, -0.25) is 0 Å². The Morgan fingerprint density at radius 3 is 2.50 bits per heavy atom. The van der Waals surface area contributed by atoms with E-state index in [9.17, 15) is 0 Å². The number of hydrogen-bond donors (Lipinski definition) is 2. The molecule has 0 amide bonds. The van der Waals surface area contributed by atoms with Crippen LogP contribution in [-0.4, -0.2) is 42.4 Å². The maximum Gasteiger partial charge on any atom is 0.223 e. The minimum atomic E-state index is 0. The zero-order valence-corrected chi connectivity index (χ0v) is 19.3. The largest absolute Gasteiger partial charge is 0.490 e. The Labute approximate surface area is 183 Å². The third kappa shape index (κ3) is 7.91. The lowest BCUT2D eigenvalue weighted by atomic mass is 10.1. The maximum atomic E-state index is 5.68. The van der Waals surface area contributed by atoms with Gasteiger partial charge in [0.15, 0.2) is 23.3 Å². The SMILES string of the molecule is CCNC(=NCc1noc(C)n1)NCCc1ccc(OCC)c(OCC)c1.I. The van der Waals surface area contributed by atoms with E-state index in [0.29, 0.717) is 31.5 Å². The van der Waals surface area contributed by atoms with Crippen molar-refractivity contribution in [1.29, 1.82) is 0 Å². The summed E-state index contributed by atoms with van der Waals surface area (Å²) in [5.74, 6) is 3.39. The van der Waals surface area contributed by atoms with Gasteiger partial charge in [0, 0.05) is 20.0 Å². The highest BCUT2D eigenvalue weighted by atomic mass is 127. The lowest BCUT2D eigenvalue weighted by Gasteiger charge is -2.14. The second kappa shape index (κ2) is 13.2. The van der Waals surface area contributed by atoms with E-state index >= 15 is 0 Å². The van der Waals surface area contributed by atoms with Gasteiger partial charge in [-0.05, 0) is 44.9 Å². The Kier molecular flexibility index (Phi) is 11.3. The number of nitrogens with one attached hydrogen (secondary N) is 2. The molecule has 0 saturated carbocycles. The lowest BCUT2D eigenvalue weighted by Crippen LogP contribution is -2.38. The van der Waals surface area contributed by atoms with Gasteiger partial charge in [0.25, 0.3) is 0 Å². The van der Waals surface area contributed by atoms with Gasteiger partial charge in [0.1, 0.15) is 6.54 Å². The molecule has 0 atom stereocenters. The second-order valence-electron chi connectivity index (χ2n) is 5.75. The van der Waals surface area contributed by atoms with Gasteiger partial charge in [-0.25, -0.2) is 4.99 Å². The number of hydrogen-bond acceptors (Lipinski definition) is 6. The third-order valence-electron chi connectivity index (χ3n) is 3.61. The van der Waals surface area contributed by atoms with E-state index < -0.39 is 0 Å². The van der Waals surface area contributed by atoms with Crippen LogP contribution in [0.25, 0.3) is 0 Å². The van der Waals surface area contributed by atoms with E-state index in [1.807, 2.05) is 32.9 Å². The molecule has 8 nitrogen and oxygen atoms in total. The molecular formula is C19H30IN5O3. The van der Waals surface area contributed by atoms with Crippen molar-refractivity contribution in [3.63, 3.8) is 0 Å². The minimum absolute atomic E-state index is 0. The predicted molar refractivity (Wildman–Crippen MR) is 120 cm³/mol. The summed E-state index contributed by atoms with van der Waals surface area (Å²) in [5, 5.41) is 10.4. The van der Waals surface area contributed by atoms with Crippen LogP contribution in [0, 0.1) is 6.92 Å². The lowest BCUT2D eigenvalue weighted by molar-refractivity contribution is 0.287. The van der Waals surface area contributed by atoms with E-state index in [-0.39, 0.29) is 24.0 Å². The zero-order valence-electron chi connectivity index (χ0n) is 16.9. The first-order chi connectivity index (χ1) is 13.2. The number of nitrogens with zero attached hydrogens (tertiary/aromatic N) is 3. The highest BCUT2D eigenvalue weighted by Crippen LogP contribution is 2.28. The molecule has 0 aliphatic carbocycles. The van der Waals surface area contributed by atoms with Crippen molar-refractivity contribution in [2.45, 2.75) is 40.7 Å². The van der Waals surface area contributed by atoms with E-state index in [2.05, 4.69) is 31.8 Å². The van der Waals surface area contributed by atoms with Crippen LogP contribution in [0.1, 0.15) is 38.0 Å². The van der Waals surface area contributed by atoms with Crippen LogP contribution < -0.4 is 20.1 Å². The van der Waals surface area contributed by atoms with Gasteiger partial charge in [-0.1, -0.05) is 11.2 Å². The summed E-state index contributed by atoms with van der Waals surface area (Å²) in [6.45, 7) is 10.8. The van der Waals surface area contributed by atoms with Crippen LogP contribution >= 0.6 is 24.0 Å². The van der Waals surface area contributed by atoms with Crippen LogP contribution in [0.5, 0.6) is 11.5 Å². The van der Waals surface area contributed by atoms with E-state index in [1.54, 1.807) is 6.92 Å². The van der Waals surface area contributed by atoms with Crippen molar-refractivity contribution in [2.75, 3.05) is 26.3 Å². The number of ether oxygens (including phenoxy) is 2. The van der Waals surface area contributed by atoms with Crippen LogP contribution in [0.15, 0.2) is 27.7 Å². The predicted octanol–water partition coefficient (Wildman–Crippen LogP) is 3.09. The summed E-state index contributed by atoms with van der Waals surface area (Å²) in [4.78, 5) is 8.63. The fourth-order valence-corrected chi connectivity index (χ4v) is 2.47. The van der Waals surface area contributed by atoms with Crippen molar-refractivity contribution in [2.24, 2.45) is 4.99 Å². The molecule has 0 spiro atoms. The molecule has 0 aliphatic heterocycles. The van der Waals surface area contributed by atoms with E-state index in [0.717, 1.165) is 37.0 Å². The van der Waals surface area contributed by atoms with Crippen molar-refractivity contribution in [1.82, 2.24) is 20.8 Å². The molecule has 0 aliphatic rings. The monoisotopic (exact) mass is 503 g/mol. The van der Waals surface area contributed by atoms with Gasteiger partial charge in [0.2, 0.25) is 5.89 Å². The van der Waals surface area contributed by atoms with Gasteiger partial charge in [-0.2, -0.15) is 4.98 Å². The maximum absolute atomic E-state index is 5.68. The highest BCUT2D eigenvalue weighted by Gasteiger charge is 2.07. The first kappa shape index (κ1) is 24.0. The van der Waals surface area contributed by atoms with Crippen LogP contribution in [0.3, 0.4) is 0 Å². The molecule has 0 radical (unpaired) electrons. The molecule has 28 heavy (non-hydrogen) atoms. The van der Waals surface area contributed by atoms with Gasteiger partial charge < -0.3 is 24.6 Å². The first-order valence-corrected chi connectivity index (χ1v) is 9.36.